The topological polar surface area (TPSA) is 126 Å². The zero-order chi connectivity index (χ0) is 30.5. The minimum atomic E-state index is -0.683. The molecule has 42 heavy (non-hydrogen) atoms. The first-order valence-electron chi connectivity index (χ1n) is 13.8. The van der Waals surface area contributed by atoms with Crippen molar-refractivity contribution in [3.63, 3.8) is 0 Å². The van der Waals surface area contributed by atoms with Crippen LogP contribution >= 0.6 is 0 Å². The molecule has 2 heterocycles. The van der Waals surface area contributed by atoms with Crippen LogP contribution in [0, 0.1) is 0 Å². The van der Waals surface area contributed by atoms with E-state index in [1.165, 1.54) is 12.4 Å². The van der Waals surface area contributed by atoms with E-state index >= 15 is 0 Å². The normalized spacial score (nSPS) is 13.8. The summed E-state index contributed by atoms with van der Waals surface area (Å²) in [6.45, 7) is 12.9. The van der Waals surface area contributed by atoms with Crippen molar-refractivity contribution in [3.05, 3.63) is 66.6 Å². The van der Waals surface area contributed by atoms with Crippen LogP contribution in [-0.4, -0.2) is 70.3 Å². The molecule has 0 bridgehead atoms. The molecule has 1 saturated heterocycles. The van der Waals surface area contributed by atoms with Gasteiger partial charge >= 0.3 is 12.2 Å². The number of piperazine rings is 1. The number of ether oxygens (including phenoxy) is 2. The van der Waals surface area contributed by atoms with Crippen LogP contribution < -0.4 is 15.5 Å². The number of carbonyl (C=O) groups excluding carboxylic acids is 3. The average molecular weight is 575 g/mol. The van der Waals surface area contributed by atoms with E-state index < -0.39 is 23.2 Å². The Bertz CT molecular complexity index is 1410. The van der Waals surface area contributed by atoms with Gasteiger partial charge in [-0.25, -0.2) is 19.6 Å². The second-order valence-electron chi connectivity index (χ2n) is 11.9. The molecule has 3 aromatic rings. The summed E-state index contributed by atoms with van der Waals surface area (Å²) >= 11 is 0. The number of hydrogen-bond acceptors (Lipinski definition) is 8. The number of anilines is 3. The number of nitrogens with zero attached hydrogens (tertiary/aromatic N) is 4. The van der Waals surface area contributed by atoms with Crippen LogP contribution in [-0.2, 0) is 9.47 Å². The van der Waals surface area contributed by atoms with Crippen molar-refractivity contribution >= 4 is 35.3 Å². The first kappa shape index (κ1) is 30.3. The lowest BCUT2D eigenvalue weighted by molar-refractivity contribution is 0.0240. The van der Waals surface area contributed by atoms with E-state index in [1.807, 2.05) is 62.1 Å². The molecule has 0 spiro atoms. The van der Waals surface area contributed by atoms with Gasteiger partial charge in [0.15, 0.2) is 0 Å². The minimum absolute atomic E-state index is 0.111. The van der Waals surface area contributed by atoms with E-state index in [9.17, 15) is 14.4 Å². The molecule has 2 aromatic carbocycles. The number of benzene rings is 2. The fourth-order valence-electron chi connectivity index (χ4n) is 4.21. The Morgan fingerprint density at radius 3 is 2.00 bits per heavy atom. The SMILES string of the molecule is CC(C)(C)OC(=O)Nc1ccc(-c2ccccc2)cc1NC(=O)c1cnc(N2CCN(C(=O)OC(C)(C)C)CC2)cn1. The standard InChI is InChI=1S/C31H38N6O5/c1-30(2,3)41-28(39)35-23-13-12-22(21-10-8-7-9-11-21)18-24(23)34-27(38)25-19-33-26(20-32-25)36-14-16-37(17-15-36)29(40)42-31(4,5)6/h7-13,18-20H,14-17H2,1-6H3,(H,34,38)(H,35,39). The van der Waals surface area contributed by atoms with Crippen LogP contribution in [0.3, 0.4) is 0 Å². The van der Waals surface area contributed by atoms with E-state index in [-0.39, 0.29) is 11.8 Å². The molecule has 1 aromatic heterocycles. The van der Waals surface area contributed by atoms with Gasteiger partial charge in [0.1, 0.15) is 22.7 Å². The van der Waals surface area contributed by atoms with Crippen LogP contribution in [0.5, 0.6) is 0 Å². The van der Waals surface area contributed by atoms with E-state index in [4.69, 9.17) is 9.47 Å². The first-order valence-corrected chi connectivity index (χ1v) is 13.8. The molecule has 0 atom stereocenters. The maximum Gasteiger partial charge on any atom is 0.412 e. The Morgan fingerprint density at radius 2 is 1.40 bits per heavy atom. The number of hydrogen-bond donors (Lipinski definition) is 2. The number of carbonyl (C=O) groups is 3. The fraction of sp³-hybridized carbons (Fsp3) is 0.387. The van der Waals surface area contributed by atoms with E-state index in [0.717, 1.165) is 11.1 Å². The van der Waals surface area contributed by atoms with Crippen LogP contribution in [0.15, 0.2) is 60.9 Å². The third-order valence-corrected chi connectivity index (χ3v) is 6.14. The number of rotatable bonds is 5. The van der Waals surface area contributed by atoms with Gasteiger partial charge in [-0.15, -0.1) is 0 Å². The monoisotopic (exact) mass is 574 g/mol. The summed E-state index contributed by atoms with van der Waals surface area (Å²) in [6, 6.07) is 15.0. The molecule has 3 amide bonds. The summed E-state index contributed by atoms with van der Waals surface area (Å²) in [6.07, 6.45) is 1.98. The number of amides is 3. The summed E-state index contributed by atoms with van der Waals surface area (Å²) in [7, 11) is 0. The van der Waals surface area contributed by atoms with Gasteiger partial charge in [-0.3, -0.25) is 10.1 Å². The Balaban J connectivity index is 1.46. The Labute approximate surface area is 246 Å². The molecule has 0 unspecified atom stereocenters. The van der Waals surface area contributed by atoms with Gasteiger partial charge in [0.05, 0.1) is 23.8 Å². The second-order valence-corrected chi connectivity index (χ2v) is 11.9. The summed E-state index contributed by atoms with van der Waals surface area (Å²) in [5.74, 6) is 0.120. The zero-order valence-corrected chi connectivity index (χ0v) is 24.9. The molecule has 0 aliphatic carbocycles. The fourth-order valence-corrected chi connectivity index (χ4v) is 4.21. The van der Waals surface area contributed by atoms with E-state index in [0.29, 0.717) is 43.4 Å². The van der Waals surface area contributed by atoms with Gasteiger partial charge in [0.25, 0.3) is 5.91 Å². The second kappa shape index (κ2) is 12.5. The zero-order valence-electron chi connectivity index (χ0n) is 24.9. The largest absolute Gasteiger partial charge is 0.444 e. The lowest BCUT2D eigenvalue weighted by Crippen LogP contribution is -2.50. The predicted octanol–water partition coefficient (Wildman–Crippen LogP) is 5.80. The van der Waals surface area contributed by atoms with Crippen LogP contribution in [0.1, 0.15) is 52.0 Å². The summed E-state index contributed by atoms with van der Waals surface area (Å²) < 4.78 is 10.9. The number of aromatic nitrogens is 2. The van der Waals surface area contributed by atoms with Gasteiger partial charge < -0.3 is 24.6 Å². The van der Waals surface area contributed by atoms with Crippen molar-refractivity contribution in [1.29, 1.82) is 0 Å². The predicted molar refractivity (Wildman–Crippen MR) is 162 cm³/mol. The summed E-state index contributed by atoms with van der Waals surface area (Å²) in [5.41, 5.74) is 1.45. The smallest absolute Gasteiger partial charge is 0.412 e. The van der Waals surface area contributed by atoms with E-state index in [2.05, 4.69) is 20.6 Å². The molecule has 222 valence electrons. The molecule has 0 radical (unpaired) electrons. The maximum absolute atomic E-state index is 13.2. The molecule has 4 rings (SSSR count). The Kier molecular flexibility index (Phi) is 8.99. The molecule has 11 heteroatoms. The molecule has 1 aliphatic rings. The molecular formula is C31H38N6O5. The molecule has 1 aliphatic heterocycles. The minimum Gasteiger partial charge on any atom is -0.444 e. The van der Waals surface area contributed by atoms with Crippen molar-refractivity contribution in [2.24, 2.45) is 0 Å². The van der Waals surface area contributed by atoms with Crippen molar-refractivity contribution in [2.45, 2.75) is 52.7 Å². The Hall–Kier alpha value is -4.67. The highest BCUT2D eigenvalue weighted by atomic mass is 16.6. The van der Waals surface area contributed by atoms with Crippen LogP contribution in [0.25, 0.3) is 11.1 Å². The van der Waals surface area contributed by atoms with Gasteiger partial charge in [-0.2, -0.15) is 0 Å². The molecule has 11 nitrogen and oxygen atoms in total. The van der Waals surface area contributed by atoms with Gasteiger partial charge in [0, 0.05) is 26.2 Å². The molecule has 2 N–H and O–H groups in total. The first-order chi connectivity index (χ1) is 19.8. The van der Waals surface area contributed by atoms with Crippen molar-refractivity contribution in [1.82, 2.24) is 14.9 Å². The Morgan fingerprint density at radius 1 is 0.738 bits per heavy atom. The average Bonchev–Trinajstić information content (AvgIpc) is 2.92. The maximum atomic E-state index is 13.2. The van der Waals surface area contributed by atoms with Crippen LogP contribution in [0.4, 0.5) is 26.8 Å². The third-order valence-electron chi connectivity index (χ3n) is 6.14. The highest BCUT2D eigenvalue weighted by Gasteiger charge is 2.26. The van der Waals surface area contributed by atoms with Crippen molar-refractivity contribution < 1.29 is 23.9 Å². The van der Waals surface area contributed by atoms with E-state index in [1.54, 1.807) is 37.8 Å². The van der Waals surface area contributed by atoms with Gasteiger partial charge in [0.2, 0.25) is 0 Å². The quantitative estimate of drug-likeness (QED) is 0.392. The van der Waals surface area contributed by atoms with Gasteiger partial charge in [-0.1, -0.05) is 36.4 Å². The lowest BCUT2D eigenvalue weighted by Gasteiger charge is -2.36. The highest BCUT2D eigenvalue weighted by molar-refractivity contribution is 6.06. The number of nitrogens with one attached hydrogen (secondary N) is 2. The summed E-state index contributed by atoms with van der Waals surface area (Å²) in [4.78, 5) is 50.5. The van der Waals surface area contributed by atoms with Crippen molar-refractivity contribution in [2.75, 3.05) is 41.7 Å². The molecule has 1 fully saturated rings. The molecule has 0 saturated carbocycles. The summed E-state index contributed by atoms with van der Waals surface area (Å²) in [5, 5.41) is 5.58. The van der Waals surface area contributed by atoms with Crippen LogP contribution in [0.2, 0.25) is 0 Å². The third kappa shape index (κ3) is 8.42. The molecular weight excluding hydrogens is 536 g/mol. The van der Waals surface area contributed by atoms with Crippen molar-refractivity contribution in [3.8, 4) is 11.1 Å². The highest BCUT2D eigenvalue weighted by Crippen LogP contribution is 2.30. The lowest BCUT2D eigenvalue weighted by atomic mass is 10.0. The van der Waals surface area contributed by atoms with Gasteiger partial charge in [-0.05, 0) is 64.8 Å².